The van der Waals surface area contributed by atoms with E-state index in [2.05, 4.69) is 5.32 Å². The van der Waals surface area contributed by atoms with E-state index in [1.54, 1.807) is 49.6 Å². The van der Waals surface area contributed by atoms with Crippen molar-refractivity contribution in [2.45, 2.75) is 6.92 Å². The van der Waals surface area contributed by atoms with E-state index >= 15 is 0 Å². The van der Waals surface area contributed by atoms with E-state index in [9.17, 15) is 20.0 Å². The third kappa shape index (κ3) is 4.56. The first-order chi connectivity index (χ1) is 14.4. The number of nitrogens with zero attached hydrogens (tertiary/aromatic N) is 1. The maximum Gasteiger partial charge on any atom is 0.335 e. The number of furan rings is 1. The van der Waals surface area contributed by atoms with Crippen molar-refractivity contribution in [3.8, 4) is 23.1 Å². The highest BCUT2D eigenvalue weighted by atomic mass is 16.5. The third-order valence-electron chi connectivity index (χ3n) is 4.38. The quantitative estimate of drug-likeness (QED) is 0.463. The standard InChI is InChI=1S/C23H18N2O5/c1-14-3-4-15(23(27)28)12-20(14)21-10-9-19(30-21)11-16(13-24)22(26)25-17-5-7-18(29-2)8-6-17/h3-12H,1-2H3,(H,25,26)(H,27,28)/b16-11+. The van der Waals surface area contributed by atoms with Crippen LogP contribution in [0.3, 0.4) is 0 Å². The van der Waals surface area contributed by atoms with Gasteiger partial charge in [0.25, 0.3) is 5.91 Å². The van der Waals surface area contributed by atoms with Crippen molar-refractivity contribution >= 4 is 23.6 Å². The van der Waals surface area contributed by atoms with Crippen LogP contribution >= 0.6 is 0 Å². The molecule has 3 aromatic rings. The average molecular weight is 402 g/mol. The Hall–Kier alpha value is -4.31. The number of hydrogen-bond donors (Lipinski definition) is 2. The molecule has 150 valence electrons. The number of amides is 1. The topological polar surface area (TPSA) is 113 Å². The largest absolute Gasteiger partial charge is 0.497 e. The number of methoxy groups -OCH3 is 1. The summed E-state index contributed by atoms with van der Waals surface area (Å²) in [6, 6.07) is 16.6. The lowest BCUT2D eigenvalue weighted by Gasteiger charge is -2.05. The molecular formula is C23H18N2O5. The predicted molar refractivity (Wildman–Crippen MR) is 111 cm³/mol. The van der Waals surface area contributed by atoms with E-state index in [0.29, 0.717) is 28.5 Å². The van der Waals surface area contributed by atoms with Crippen LogP contribution in [0.5, 0.6) is 5.75 Å². The molecule has 0 aliphatic heterocycles. The van der Waals surface area contributed by atoms with E-state index < -0.39 is 11.9 Å². The lowest BCUT2D eigenvalue weighted by atomic mass is 10.0. The van der Waals surface area contributed by atoms with Crippen LogP contribution in [0.1, 0.15) is 21.7 Å². The Kier molecular flexibility index (Phi) is 5.99. The monoisotopic (exact) mass is 402 g/mol. The molecule has 0 bridgehead atoms. The van der Waals surface area contributed by atoms with E-state index in [1.807, 2.05) is 13.0 Å². The summed E-state index contributed by atoms with van der Waals surface area (Å²) in [5, 5.41) is 21.2. The van der Waals surface area contributed by atoms with Gasteiger partial charge in [-0.3, -0.25) is 4.79 Å². The zero-order valence-corrected chi connectivity index (χ0v) is 16.3. The van der Waals surface area contributed by atoms with Crippen molar-refractivity contribution in [2.75, 3.05) is 12.4 Å². The van der Waals surface area contributed by atoms with Gasteiger partial charge in [-0.1, -0.05) is 6.07 Å². The van der Waals surface area contributed by atoms with Crippen molar-refractivity contribution in [1.82, 2.24) is 0 Å². The second kappa shape index (κ2) is 8.80. The molecule has 0 atom stereocenters. The first kappa shape index (κ1) is 20.4. The number of carboxylic acid groups (broad SMARTS) is 1. The summed E-state index contributed by atoms with van der Waals surface area (Å²) in [7, 11) is 1.54. The first-order valence-electron chi connectivity index (χ1n) is 8.92. The number of carbonyl (C=O) groups is 2. The molecule has 0 aliphatic carbocycles. The summed E-state index contributed by atoms with van der Waals surface area (Å²) in [4.78, 5) is 23.6. The smallest absolute Gasteiger partial charge is 0.335 e. The van der Waals surface area contributed by atoms with Gasteiger partial charge in [-0.2, -0.15) is 5.26 Å². The fourth-order valence-electron chi connectivity index (χ4n) is 2.76. The van der Waals surface area contributed by atoms with E-state index in [-0.39, 0.29) is 11.1 Å². The van der Waals surface area contributed by atoms with E-state index in [0.717, 1.165) is 5.56 Å². The Bertz CT molecular complexity index is 1170. The van der Waals surface area contributed by atoms with Gasteiger partial charge in [-0.25, -0.2) is 4.79 Å². The minimum absolute atomic E-state index is 0.136. The fraction of sp³-hybridized carbons (Fsp3) is 0.0870. The molecule has 7 heteroatoms. The zero-order chi connectivity index (χ0) is 21.7. The van der Waals surface area contributed by atoms with Crippen LogP contribution in [0, 0.1) is 18.3 Å². The van der Waals surface area contributed by atoms with Gasteiger partial charge in [0, 0.05) is 17.3 Å². The molecule has 1 aromatic heterocycles. The number of nitriles is 1. The molecule has 0 aliphatic rings. The Morgan fingerprint density at radius 3 is 2.50 bits per heavy atom. The van der Waals surface area contributed by atoms with Crippen LogP contribution in [0.25, 0.3) is 17.4 Å². The van der Waals surface area contributed by atoms with E-state index in [1.165, 1.54) is 18.2 Å². The summed E-state index contributed by atoms with van der Waals surface area (Å²) >= 11 is 0. The van der Waals surface area contributed by atoms with Crippen LogP contribution in [-0.4, -0.2) is 24.1 Å². The highest BCUT2D eigenvalue weighted by molar-refractivity contribution is 6.09. The molecule has 30 heavy (non-hydrogen) atoms. The first-order valence-corrected chi connectivity index (χ1v) is 8.92. The molecule has 1 heterocycles. The van der Waals surface area contributed by atoms with Gasteiger partial charge in [0.2, 0.25) is 0 Å². The predicted octanol–water partition coefficient (Wildman–Crippen LogP) is 4.51. The number of hydrogen-bond acceptors (Lipinski definition) is 5. The van der Waals surface area contributed by atoms with Gasteiger partial charge in [0.15, 0.2) is 0 Å². The van der Waals surface area contributed by atoms with Crippen molar-refractivity contribution in [3.05, 3.63) is 77.1 Å². The van der Waals surface area contributed by atoms with Crippen molar-refractivity contribution in [1.29, 1.82) is 5.26 Å². The highest BCUT2D eigenvalue weighted by Gasteiger charge is 2.14. The Morgan fingerprint density at radius 1 is 1.13 bits per heavy atom. The molecule has 2 N–H and O–H groups in total. The molecule has 0 fully saturated rings. The minimum Gasteiger partial charge on any atom is -0.497 e. The molecule has 2 aromatic carbocycles. The Morgan fingerprint density at radius 2 is 1.87 bits per heavy atom. The molecule has 0 radical (unpaired) electrons. The number of nitrogens with one attached hydrogen (secondary N) is 1. The summed E-state index contributed by atoms with van der Waals surface area (Å²) in [5.74, 6) is -0.231. The molecule has 0 saturated carbocycles. The van der Waals surface area contributed by atoms with Crippen LogP contribution in [0.4, 0.5) is 5.69 Å². The van der Waals surface area contributed by atoms with Gasteiger partial charge in [-0.05, 0) is 61.0 Å². The lowest BCUT2D eigenvalue weighted by molar-refractivity contribution is -0.112. The number of ether oxygens (including phenoxy) is 1. The number of carboxylic acids is 1. The van der Waals surface area contributed by atoms with Gasteiger partial charge in [-0.15, -0.1) is 0 Å². The number of anilines is 1. The highest BCUT2D eigenvalue weighted by Crippen LogP contribution is 2.28. The lowest BCUT2D eigenvalue weighted by Crippen LogP contribution is -2.13. The van der Waals surface area contributed by atoms with Gasteiger partial charge >= 0.3 is 5.97 Å². The minimum atomic E-state index is -1.04. The van der Waals surface area contributed by atoms with Crippen molar-refractivity contribution in [3.63, 3.8) is 0 Å². The SMILES string of the molecule is COc1ccc(NC(=O)/C(C#N)=C/c2ccc(-c3cc(C(=O)O)ccc3C)o2)cc1. The summed E-state index contributed by atoms with van der Waals surface area (Å²) in [5.41, 5.74) is 1.98. The molecular weight excluding hydrogens is 384 g/mol. The molecule has 0 spiro atoms. The number of carbonyl (C=O) groups excluding carboxylic acids is 1. The average Bonchev–Trinajstić information content (AvgIpc) is 3.21. The van der Waals surface area contributed by atoms with Crippen LogP contribution in [0.2, 0.25) is 0 Å². The molecule has 1 amide bonds. The zero-order valence-electron chi connectivity index (χ0n) is 16.3. The molecule has 3 rings (SSSR count). The molecule has 0 unspecified atom stereocenters. The second-order valence-corrected chi connectivity index (χ2v) is 6.39. The van der Waals surface area contributed by atoms with Crippen LogP contribution in [-0.2, 0) is 4.79 Å². The maximum absolute atomic E-state index is 12.4. The third-order valence-corrected chi connectivity index (χ3v) is 4.38. The fourth-order valence-corrected chi connectivity index (χ4v) is 2.76. The van der Waals surface area contributed by atoms with Gasteiger partial charge in [0.05, 0.1) is 12.7 Å². The Balaban J connectivity index is 1.83. The molecule has 0 saturated heterocycles. The maximum atomic E-state index is 12.4. The van der Waals surface area contributed by atoms with Gasteiger partial charge < -0.3 is 19.6 Å². The van der Waals surface area contributed by atoms with Crippen molar-refractivity contribution in [2.24, 2.45) is 0 Å². The molecule has 7 nitrogen and oxygen atoms in total. The van der Waals surface area contributed by atoms with Crippen LogP contribution < -0.4 is 10.1 Å². The van der Waals surface area contributed by atoms with Crippen LogP contribution in [0.15, 0.2) is 64.6 Å². The summed E-state index contributed by atoms with van der Waals surface area (Å²) in [6.07, 6.45) is 1.33. The number of aromatic carboxylic acids is 1. The Labute approximate surface area is 172 Å². The van der Waals surface area contributed by atoms with E-state index in [4.69, 9.17) is 9.15 Å². The second-order valence-electron chi connectivity index (χ2n) is 6.39. The summed E-state index contributed by atoms with van der Waals surface area (Å²) in [6.45, 7) is 1.84. The normalized spacial score (nSPS) is 10.9. The van der Waals surface area contributed by atoms with Gasteiger partial charge in [0.1, 0.15) is 28.9 Å². The number of benzene rings is 2. The van der Waals surface area contributed by atoms with Crippen molar-refractivity contribution < 1.29 is 23.8 Å². The number of rotatable bonds is 6. The number of aryl methyl sites for hydroxylation is 1. The summed E-state index contributed by atoms with van der Waals surface area (Å²) < 4.78 is 10.8.